The van der Waals surface area contributed by atoms with Crippen LogP contribution in [0.3, 0.4) is 0 Å². The number of hydrogen-bond acceptors (Lipinski definition) is 5. The van der Waals surface area contributed by atoms with Crippen LogP contribution in [0.5, 0.6) is 5.75 Å². The average Bonchev–Trinajstić information content (AvgIpc) is 2.76. The Hall–Kier alpha value is -2.56. The van der Waals surface area contributed by atoms with Gasteiger partial charge in [0.25, 0.3) is 0 Å². The van der Waals surface area contributed by atoms with Gasteiger partial charge in [0.2, 0.25) is 5.78 Å². The zero-order chi connectivity index (χ0) is 13.8. The Bertz CT molecular complexity index is 548. The lowest BCUT2D eigenvalue weighted by molar-refractivity contribution is -0.135. The molecule has 1 aromatic carbocycles. The maximum absolute atomic E-state index is 11.3. The number of carbonyl (C=O) groups excluding carboxylic acids is 2. The molecule has 98 valence electrons. The van der Waals surface area contributed by atoms with Gasteiger partial charge in [-0.3, -0.25) is 4.79 Å². The lowest BCUT2D eigenvalue weighted by Gasteiger charge is -1.99. The monoisotopic (exact) mass is 260 g/mol. The third-order valence-electron chi connectivity index (χ3n) is 2.62. The van der Waals surface area contributed by atoms with Crippen LogP contribution in [0, 0.1) is 0 Å². The number of aliphatic hydroxyl groups excluding tert-OH is 1. The molecular weight excluding hydrogens is 248 g/mol. The molecule has 0 unspecified atom stereocenters. The Kier molecular flexibility index (Phi) is 3.66. The Labute approximate surface area is 109 Å². The number of aliphatic hydroxyl groups is 1. The molecule has 0 atom stereocenters. The van der Waals surface area contributed by atoms with E-state index in [1.54, 1.807) is 37.5 Å². The number of benzene rings is 1. The summed E-state index contributed by atoms with van der Waals surface area (Å²) in [5, 5.41) is 9.70. The fourth-order valence-electron chi connectivity index (χ4n) is 1.61. The average molecular weight is 260 g/mol. The summed E-state index contributed by atoms with van der Waals surface area (Å²) in [6.45, 7) is -0.311. The van der Waals surface area contributed by atoms with Crippen LogP contribution in [0.1, 0.15) is 5.56 Å². The lowest BCUT2D eigenvalue weighted by atomic mass is 10.1. The standard InChI is InChI=1S/C14H12O5/c1-18-10-5-2-9(3-6-10)4-7-11(15)13-12(16)8-19-14(13)17/h2-7,15H,8H2,1H3/b7-4+,13-11+. The molecule has 1 heterocycles. The maximum atomic E-state index is 11.3. The molecule has 0 radical (unpaired) electrons. The molecule has 0 saturated carbocycles. The van der Waals surface area contributed by atoms with E-state index in [2.05, 4.69) is 4.74 Å². The van der Waals surface area contributed by atoms with Gasteiger partial charge in [-0.15, -0.1) is 0 Å². The maximum Gasteiger partial charge on any atom is 0.346 e. The minimum Gasteiger partial charge on any atom is -0.507 e. The summed E-state index contributed by atoms with van der Waals surface area (Å²) in [4.78, 5) is 22.5. The number of ketones is 1. The first-order chi connectivity index (χ1) is 9.11. The molecule has 5 nitrogen and oxygen atoms in total. The number of esters is 1. The molecule has 0 amide bonds. The summed E-state index contributed by atoms with van der Waals surface area (Å²) in [5.41, 5.74) is 0.497. The van der Waals surface area contributed by atoms with Crippen LogP contribution in [0.15, 0.2) is 41.7 Å². The van der Waals surface area contributed by atoms with Crippen LogP contribution in [-0.2, 0) is 14.3 Å². The largest absolute Gasteiger partial charge is 0.507 e. The SMILES string of the molecule is COc1ccc(/C=C/C(O)=C2/C(=O)COC2=O)cc1. The highest BCUT2D eigenvalue weighted by atomic mass is 16.5. The molecular formula is C14H12O5. The predicted molar refractivity (Wildman–Crippen MR) is 67.6 cm³/mol. The lowest BCUT2D eigenvalue weighted by Crippen LogP contribution is -2.04. The van der Waals surface area contributed by atoms with Crippen molar-refractivity contribution < 1.29 is 24.2 Å². The minimum atomic E-state index is -0.790. The number of rotatable bonds is 3. The number of methoxy groups -OCH3 is 1. The van der Waals surface area contributed by atoms with Crippen molar-refractivity contribution in [1.29, 1.82) is 0 Å². The van der Waals surface area contributed by atoms with Crippen molar-refractivity contribution in [3.05, 3.63) is 47.2 Å². The van der Waals surface area contributed by atoms with Gasteiger partial charge in [0.1, 0.15) is 17.1 Å². The van der Waals surface area contributed by atoms with Crippen molar-refractivity contribution >= 4 is 17.8 Å². The Morgan fingerprint density at radius 2 is 2.00 bits per heavy atom. The normalized spacial score (nSPS) is 17.7. The van der Waals surface area contributed by atoms with Crippen LogP contribution >= 0.6 is 0 Å². The molecule has 0 spiro atoms. The van der Waals surface area contributed by atoms with E-state index in [1.165, 1.54) is 6.08 Å². The van der Waals surface area contributed by atoms with E-state index in [4.69, 9.17) is 4.74 Å². The zero-order valence-corrected chi connectivity index (χ0v) is 10.3. The van der Waals surface area contributed by atoms with Gasteiger partial charge in [-0.1, -0.05) is 18.2 Å². The summed E-state index contributed by atoms with van der Waals surface area (Å²) in [6, 6.07) is 7.09. The van der Waals surface area contributed by atoms with Crippen LogP contribution in [-0.4, -0.2) is 30.6 Å². The van der Waals surface area contributed by atoms with E-state index in [-0.39, 0.29) is 17.9 Å². The van der Waals surface area contributed by atoms with Crippen molar-refractivity contribution in [2.45, 2.75) is 0 Å². The fourth-order valence-corrected chi connectivity index (χ4v) is 1.61. The van der Waals surface area contributed by atoms with E-state index in [0.29, 0.717) is 5.75 Å². The molecule has 1 N–H and O–H groups in total. The second-order valence-electron chi connectivity index (χ2n) is 3.87. The van der Waals surface area contributed by atoms with Crippen molar-refractivity contribution in [2.24, 2.45) is 0 Å². The summed E-state index contributed by atoms with van der Waals surface area (Å²) >= 11 is 0. The van der Waals surface area contributed by atoms with Crippen LogP contribution < -0.4 is 4.74 Å². The molecule has 0 aromatic heterocycles. The number of hydrogen-bond donors (Lipinski definition) is 1. The van der Waals surface area contributed by atoms with Gasteiger partial charge in [-0.05, 0) is 23.8 Å². The second kappa shape index (κ2) is 5.39. The molecule has 1 aliphatic rings. The second-order valence-corrected chi connectivity index (χ2v) is 3.87. The highest BCUT2D eigenvalue weighted by Gasteiger charge is 2.31. The van der Waals surface area contributed by atoms with Crippen LogP contribution in [0.25, 0.3) is 6.08 Å². The molecule has 1 aromatic rings. The van der Waals surface area contributed by atoms with Crippen molar-refractivity contribution in [3.63, 3.8) is 0 Å². The van der Waals surface area contributed by atoms with Crippen LogP contribution in [0.4, 0.5) is 0 Å². The third kappa shape index (κ3) is 2.82. The summed E-state index contributed by atoms with van der Waals surface area (Å²) in [6.07, 6.45) is 2.88. The van der Waals surface area contributed by atoms with Gasteiger partial charge in [0.15, 0.2) is 6.61 Å². The number of ether oxygens (including phenoxy) is 2. The molecule has 0 bridgehead atoms. The summed E-state index contributed by atoms with van der Waals surface area (Å²) < 4.78 is 9.54. The number of carbonyl (C=O) groups is 2. The smallest absolute Gasteiger partial charge is 0.346 e. The molecule has 1 aliphatic heterocycles. The minimum absolute atomic E-state index is 0.301. The predicted octanol–water partition coefficient (Wildman–Crippen LogP) is 1.65. The number of Topliss-reactive ketones (excluding diaryl/α,β-unsaturated/α-hetero) is 1. The van der Waals surface area contributed by atoms with E-state index < -0.39 is 11.8 Å². The first-order valence-corrected chi connectivity index (χ1v) is 5.57. The van der Waals surface area contributed by atoms with Gasteiger partial charge in [0, 0.05) is 0 Å². The van der Waals surface area contributed by atoms with E-state index in [0.717, 1.165) is 5.56 Å². The van der Waals surface area contributed by atoms with E-state index >= 15 is 0 Å². The Morgan fingerprint density at radius 3 is 2.53 bits per heavy atom. The number of allylic oxidation sites excluding steroid dienone is 1. The first kappa shape index (κ1) is 12.9. The van der Waals surface area contributed by atoms with Gasteiger partial charge >= 0.3 is 5.97 Å². The molecule has 5 heteroatoms. The fraction of sp³-hybridized carbons (Fsp3) is 0.143. The van der Waals surface area contributed by atoms with Crippen molar-refractivity contribution in [1.82, 2.24) is 0 Å². The topological polar surface area (TPSA) is 72.8 Å². The Balaban J connectivity index is 2.19. The first-order valence-electron chi connectivity index (χ1n) is 5.57. The third-order valence-corrected chi connectivity index (χ3v) is 2.62. The quantitative estimate of drug-likeness (QED) is 0.387. The van der Waals surface area contributed by atoms with Crippen LogP contribution in [0.2, 0.25) is 0 Å². The summed E-state index contributed by atoms with van der Waals surface area (Å²) in [5.74, 6) is -0.971. The number of cyclic esters (lactones) is 1. The van der Waals surface area contributed by atoms with Gasteiger partial charge in [-0.25, -0.2) is 4.79 Å². The van der Waals surface area contributed by atoms with Gasteiger partial charge < -0.3 is 14.6 Å². The summed E-state index contributed by atoms with van der Waals surface area (Å²) in [7, 11) is 1.57. The zero-order valence-electron chi connectivity index (χ0n) is 10.3. The molecule has 1 fully saturated rings. The van der Waals surface area contributed by atoms with Crippen molar-refractivity contribution in [2.75, 3.05) is 13.7 Å². The molecule has 2 rings (SSSR count). The highest BCUT2D eigenvalue weighted by Crippen LogP contribution is 2.16. The molecule has 0 aliphatic carbocycles. The van der Waals surface area contributed by atoms with E-state index in [9.17, 15) is 14.7 Å². The van der Waals surface area contributed by atoms with Crippen molar-refractivity contribution in [3.8, 4) is 5.75 Å². The molecule has 1 saturated heterocycles. The Morgan fingerprint density at radius 1 is 1.32 bits per heavy atom. The molecule has 19 heavy (non-hydrogen) atoms. The highest BCUT2D eigenvalue weighted by molar-refractivity contribution is 6.22. The van der Waals surface area contributed by atoms with E-state index in [1.807, 2.05) is 0 Å². The van der Waals surface area contributed by atoms with Gasteiger partial charge in [0.05, 0.1) is 7.11 Å². The van der Waals surface area contributed by atoms with Gasteiger partial charge in [-0.2, -0.15) is 0 Å².